The van der Waals surface area contributed by atoms with E-state index in [-0.39, 0.29) is 0 Å². The van der Waals surface area contributed by atoms with Crippen molar-refractivity contribution >= 4 is 47.1 Å². The summed E-state index contributed by atoms with van der Waals surface area (Å²) in [5.74, 6) is 3.49. The van der Waals surface area contributed by atoms with Gasteiger partial charge in [-0.25, -0.2) is 0 Å². The lowest BCUT2D eigenvalue weighted by atomic mass is 9.70. The van der Waals surface area contributed by atoms with Crippen molar-refractivity contribution in [3.05, 3.63) is 263 Å². The molecule has 336 valence electrons. The summed E-state index contributed by atoms with van der Waals surface area (Å²) in [5.41, 5.74) is 23.6. The first-order valence-electron chi connectivity index (χ1n) is 24.3. The van der Waals surface area contributed by atoms with E-state index in [1.807, 2.05) is 24.3 Å². The first kappa shape index (κ1) is 40.9. The van der Waals surface area contributed by atoms with Gasteiger partial charge in [-0.3, -0.25) is 0 Å². The van der Waals surface area contributed by atoms with Gasteiger partial charge in [0.25, 0.3) is 0 Å². The van der Waals surface area contributed by atoms with Gasteiger partial charge in [-0.1, -0.05) is 182 Å². The van der Waals surface area contributed by atoms with Crippen molar-refractivity contribution in [3.8, 4) is 67.5 Å². The molecule has 4 heteroatoms. The third kappa shape index (κ3) is 6.45. The van der Waals surface area contributed by atoms with Gasteiger partial charge in [-0.05, 0) is 150 Å². The number of hydrogen-bond acceptors (Lipinski definition) is 4. The summed E-state index contributed by atoms with van der Waals surface area (Å²) in [6.45, 7) is 0. The van der Waals surface area contributed by atoms with E-state index < -0.39 is 5.41 Å². The van der Waals surface area contributed by atoms with Crippen LogP contribution < -0.4 is 19.3 Å². The van der Waals surface area contributed by atoms with Crippen LogP contribution in [0.4, 0.5) is 22.7 Å². The molecule has 0 amide bonds. The molecule has 0 aromatic heterocycles. The standard InChI is InChI=1S/C67H46N2O2/c1-68-59-15-7-9-17-63(59)70-65-37-33-49(41-61(65)68)47-29-23-43(24-30-47)19-21-45-27-35-53-54-36-28-46(40-58(54)67(57(53)39-45)55-13-5-3-11-51(55)52-12-4-6-14-56(52)67)22-20-44-25-31-48(32-26-44)50-34-38-66-62(42-50)69(2)60-16-8-10-18-64(60)71-66/h3-42H,1-2H3. The molecule has 0 N–H and O–H groups in total. The Bertz CT molecular complexity index is 3610. The van der Waals surface area contributed by atoms with Crippen LogP contribution in [0.3, 0.4) is 0 Å². The number of nitrogens with zero attached hydrogens (tertiary/aromatic N) is 2. The quantitative estimate of drug-likeness (QED) is 0.155. The average molecular weight is 911 g/mol. The number of anilines is 4. The second-order valence-electron chi connectivity index (χ2n) is 19.0. The number of hydrogen-bond donors (Lipinski definition) is 0. The normalized spacial score (nSPS) is 13.9. The molecule has 1 spiro atoms. The lowest BCUT2D eigenvalue weighted by Crippen LogP contribution is -2.26. The highest BCUT2D eigenvalue weighted by atomic mass is 16.5. The first-order chi connectivity index (χ1) is 35.0. The predicted molar refractivity (Wildman–Crippen MR) is 294 cm³/mol. The highest BCUT2D eigenvalue weighted by molar-refractivity contribution is 5.96. The van der Waals surface area contributed by atoms with Gasteiger partial charge in [-0.15, -0.1) is 0 Å². The van der Waals surface area contributed by atoms with E-state index in [9.17, 15) is 0 Å². The minimum absolute atomic E-state index is 0.457. The van der Waals surface area contributed by atoms with Gasteiger partial charge in [0.2, 0.25) is 0 Å². The Labute approximate surface area is 414 Å². The minimum Gasteiger partial charge on any atom is -0.453 e. The second-order valence-corrected chi connectivity index (χ2v) is 19.0. The molecule has 0 bridgehead atoms. The summed E-state index contributed by atoms with van der Waals surface area (Å²) >= 11 is 0. The minimum atomic E-state index is -0.457. The van der Waals surface area contributed by atoms with Gasteiger partial charge in [0.1, 0.15) is 0 Å². The van der Waals surface area contributed by atoms with Crippen molar-refractivity contribution in [1.82, 2.24) is 0 Å². The van der Waals surface area contributed by atoms with Gasteiger partial charge in [0, 0.05) is 14.1 Å². The third-order valence-electron chi connectivity index (χ3n) is 15.1. The van der Waals surface area contributed by atoms with Crippen LogP contribution in [0.5, 0.6) is 23.0 Å². The lowest BCUT2D eigenvalue weighted by Gasteiger charge is -2.30. The number of ether oxygens (including phenoxy) is 2. The topological polar surface area (TPSA) is 24.9 Å². The van der Waals surface area contributed by atoms with E-state index in [0.29, 0.717) is 0 Å². The molecule has 0 atom stereocenters. The first-order valence-corrected chi connectivity index (χ1v) is 24.3. The molecule has 2 aliphatic carbocycles. The van der Waals surface area contributed by atoms with E-state index >= 15 is 0 Å². The molecule has 10 aromatic rings. The Hall–Kier alpha value is -9.12. The van der Waals surface area contributed by atoms with E-state index in [1.54, 1.807) is 0 Å². The van der Waals surface area contributed by atoms with Crippen molar-refractivity contribution < 1.29 is 9.47 Å². The Kier molecular flexibility index (Phi) is 9.21. The van der Waals surface area contributed by atoms with E-state index in [2.05, 4.69) is 242 Å². The molecule has 14 rings (SSSR count). The van der Waals surface area contributed by atoms with Crippen LogP contribution in [-0.2, 0) is 5.41 Å². The number of rotatable bonds is 6. The van der Waals surface area contributed by atoms with Crippen LogP contribution in [0.15, 0.2) is 218 Å². The van der Waals surface area contributed by atoms with Gasteiger partial charge in [0.15, 0.2) is 23.0 Å². The van der Waals surface area contributed by atoms with Crippen LogP contribution >= 0.6 is 0 Å². The van der Waals surface area contributed by atoms with Crippen LogP contribution in [0.1, 0.15) is 44.5 Å². The molecular weight excluding hydrogens is 865 g/mol. The maximum Gasteiger partial charge on any atom is 0.151 e. The smallest absolute Gasteiger partial charge is 0.151 e. The Morgan fingerprint density at radius 2 is 0.648 bits per heavy atom. The zero-order valence-electron chi connectivity index (χ0n) is 39.3. The summed E-state index contributed by atoms with van der Waals surface area (Å²) in [7, 11) is 4.20. The van der Waals surface area contributed by atoms with Gasteiger partial charge >= 0.3 is 0 Å². The van der Waals surface area contributed by atoms with Crippen LogP contribution in [0.2, 0.25) is 0 Å². The van der Waals surface area contributed by atoms with Crippen LogP contribution in [-0.4, -0.2) is 14.1 Å². The molecule has 2 aliphatic heterocycles. The lowest BCUT2D eigenvalue weighted by molar-refractivity contribution is 0.475. The summed E-state index contributed by atoms with van der Waals surface area (Å²) in [6, 6.07) is 79.1. The summed E-state index contributed by atoms with van der Waals surface area (Å²) in [5, 5.41) is 0. The highest BCUT2D eigenvalue weighted by Gasteiger charge is 2.51. The number of benzene rings is 10. The van der Waals surface area contributed by atoms with E-state index in [4.69, 9.17) is 9.47 Å². The number of fused-ring (bicyclic) bond motifs is 14. The molecule has 2 heterocycles. The van der Waals surface area contributed by atoms with Gasteiger partial charge < -0.3 is 19.3 Å². The van der Waals surface area contributed by atoms with Gasteiger partial charge in [-0.2, -0.15) is 0 Å². The van der Waals surface area contributed by atoms with Crippen molar-refractivity contribution in [1.29, 1.82) is 0 Å². The summed E-state index contributed by atoms with van der Waals surface area (Å²) in [6.07, 6.45) is 8.99. The third-order valence-corrected chi connectivity index (χ3v) is 15.1. The molecule has 71 heavy (non-hydrogen) atoms. The van der Waals surface area contributed by atoms with Crippen molar-refractivity contribution in [3.63, 3.8) is 0 Å². The van der Waals surface area contributed by atoms with Crippen molar-refractivity contribution in [2.75, 3.05) is 23.9 Å². The van der Waals surface area contributed by atoms with Crippen LogP contribution in [0, 0.1) is 0 Å². The molecule has 0 fully saturated rings. The Morgan fingerprint density at radius 1 is 0.296 bits per heavy atom. The molecule has 10 aromatic carbocycles. The molecule has 0 unspecified atom stereocenters. The Balaban J connectivity index is 0.767. The summed E-state index contributed by atoms with van der Waals surface area (Å²) < 4.78 is 12.5. The second kappa shape index (κ2) is 16.0. The largest absolute Gasteiger partial charge is 0.453 e. The zero-order valence-corrected chi connectivity index (χ0v) is 39.3. The maximum atomic E-state index is 6.25. The zero-order chi connectivity index (χ0) is 47.2. The van der Waals surface area contributed by atoms with Crippen molar-refractivity contribution in [2.45, 2.75) is 5.41 Å². The molecule has 0 saturated carbocycles. The predicted octanol–water partition coefficient (Wildman–Crippen LogP) is 17.5. The molecule has 4 nitrogen and oxygen atoms in total. The maximum absolute atomic E-state index is 6.25. The highest BCUT2D eigenvalue weighted by Crippen LogP contribution is 2.63. The number of para-hydroxylation sites is 4. The fourth-order valence-corrected chi connectivity index (χ4v) is 11.6. The van der Waals surface area contributed by atoms with E-state index in [0.717, 1.165) is 79.1 Å². The summed E-state index contributed by atoms with van der Waals surface area (Å²) in [4.78, 5) is 4.42. The molecular formula is C67H46N2O2. The van der Waals surface area contributed by atoms with Crippen molar-refractivity contribution in [2.24, 2.45) is 0 Å². The van der Waals surface area contributed by atoms with Gasteiger partial charge in [0.05, 0.1) is 28.2 Å². The SMILES string of the molecule is CN1c2ccccc2Oc2ccc(-c3ccc(C=Cc4ccc5c(c4)C4(c6ccccc6-c6ccccc64)c4cc(C=Cc6ccc(-c7ccc8c(c7)N(C)c7ccccc7O8)cc6)ccc4-5)cc3)cc21. The molecule has 0 saturated heterocycles. The van der Waals surface area contributed by atoms with E-state index in [1.165, 1.54) is 55.6 Å². The monoisotopic (exact) mass is 910 g/mol. The molecule has 0 radical (unpaired) electrons. The average Bonchev–Trinajstić information content (AvgIpc) is 3.90. The Morgan fingerprint density at radius 3 is 1.11 bits per heavy atom. The van der Waals surface area contributed by atoms with Crippen LogP contribution in [0.25, 0.3) is 68.8 Å². The fourth-order valence-electron chi connectivity index (χ4n) is 11.6. The molecule has 4 aliphatic rings. The fraction of sp³-hybridized carbons (Fsp3) is 0.0448.